The number of H-pyrrole nitrogens is 1. The van der Waals surface area contributed by atoms with E-state index in [0.29, 0.717) is 19.4 Å². The lowest BCUT2D eigenvalue weighted by Gasteiger charge is -2.39. The Bertz CT molecular complexity index is 1400. The van der Waals surface area contributed by atoms with Gasteiger partial charge in [-0.05, 0) is 60.6 Å². The van der Waals surface area contributed by atoms with Gasteiger partial charge in [0.2, 0.25) is 5.91 Å². The smallest absolute Gasteiger partial charge is 0.303 e. The Kier molecular flexibility index (Phi) is 11.5. The van der Waals surface area contributed by atoms with Crippen LogP contribution >= 0.6 is 0 Å². The lowest BCUT2D eigenvalue weighted by Crippen LogP contribution is -2.48. The fourth-order valence-corrected chi connectivity index (χ4v) is 5.96. The maximum atomic E-state index is 12.6. The molecule has 0 bridgehead atoms. The summed E-state index contributed by atoms with van der Waals surface area (Å²) >= 11 is 0. The third kappa shape index (κ3) is 9.27. The number of esters is 2. The van der Waals surface area contributed by atoms with E-state index in [-0.39, 0.29) is 24.3 Å². The van der Waals surface area contributed by atoms with Crippen LogP contribution in [-0.2, 0) is 36.9 Å². The van der Waals surface area contributed by atoms with Crippen LogP contribution in [0.1, 0.15) is 56.7 Å². The zero-order valence-corrected chi connectivity index (χ0v) is 25.3. The standard InChI is InChI=1S/C34H43N3O6/c1-4-15-37(21-29-19-35-31-8-6-5-7-30(29)31)20-26-11-9-25(10-12-26)13-14-33(41)36-18-27-16-28(22-38)34(43-24(3)40)32(17-27)42-23(2)39/h5-14,19,27-28,32,34-35,38H,4,15-18,20-22H2,1-3H3,(H,36,41)/b14-13+. The number of hydrogen-bond acceptors (Lipinski definition) is 7. The number of carbonyl (C=O) groups is 3. The molecule has 2 aromatic carbocycles. The molecular formula is C34H43N3O6. The Morgan fingerprint density at radius 1 is 1.02 bits per heavy atom. The molecule has 43 heavy (non-hydrogen) atoms. The highest BCUT2D eigenvalue weighted by molar-refractivity contribution is 5.91. The molecule has 3 aromatic rings. The minimum absolute atomic E-state index is 0.0414. The first-order chi connectivity index (χ1) is 20.7. The summed E-state index contributed by atoms with van der Waals surface area (Å²) in [5.41, 5.74) is 4.58. The number of aliphatic hydroxyl groups excluding tert-OH is 1. The molecule has 230 valence electrons. The number of benzene rings is 2. The van der Waals surface area contributed by atoms with E-state index in [0.717, 1.165) is 37.1 Å². The Hall–Kier alpha value is -3.95. The number of amides is 1. The topological polar surface area (TPSA) is 121 Å². The van der Waals surface area contributed by atoms with Gasteiger partial charge in [-0.1, -0.05) is 49.4 Å². The number of hydrogen-bond donors (Lipinski definition) is 3. The highest BCUT2D eigenvalue weighted by Crippen LogP contribution is 2.33. The SMILES string of the molecule is CCCN(Cc1ccc(/C=C/C(=O)NCC2CC(CO)C(OC(C)=O)C(OC(C)=O)C2)cc1)Cc1c[nH]c2ccccc12. The van der Waals surface area contributed by atoms with Crippen LogP contribution in [0.15, 0.2) is 60.8 Å². The number of nitrogens with one attached hydrogen (secondary N) is 2. The van der Waals surface area contributed by atoms with Gasteiger partial charge in [-0.2, -0.15) is 0 Å². The summed E-state index contributed by atoms with van der Waals surface area (Å²) in [4.78, 5) is 41.6. The van der Waals surface area contributed by atoms with E-state index in [2.05, 4.69) is 58.7 Å². The third-order valence-corrected chi connectivity index (χ3v) is 7.87. The second kappa shape index (κ2) is 15.5. The average Bonchev–Trinajstić information content (AvgIpc) is 3.39. The largest absolute Gasteiger partial charge is 0.459 e. The maximum Gasteiger partial charge on any atom is 0.303 e. The molecule has 1 aliphatic carbocycles. The monoisotopic (exact) mass is 589 g/mol. The number of nitrogens with zero attached hydrogens (tertiary/aromatic N) is 1. The number of rotatable bonds is 13. The molecule has 1 amide bonds. The van der Waals surface area contributed by atoms with Crippen LogP contribution in [0.25, 0.3) is 17.0 Å². The Labute approximate surface area is 253 Å². The fraction of sp³-hybridized carbons (Fsp3) is 0.441. The van der Waals surface area contributed by atoms with Crippen molar-refractivity contribution in [3.8, 4) is 0 Å². The third-order valence-electron chi connectivity index (χ3n) is 7.87. The summed E-state index contributed by atoms with van der Waals surface area (Å²) in [6.45, 7) is 7.62. The van der Waals surface area contributed by atoms with E-state index in [1.807, 2.05) is 18.2 Å². The molecule has 4 unspecified atom stereocenters. The van der Waals surface area contributed by atoms with Gasteiger partial charge in [0.05, 0.1) is 0 Å². The first-order valence-electron chi connectivity index (χ1n) is 15.0. The van der Waals surface area contributed by atoms with Gasteiger partial charge in [0, 0.05) is 69.2 Å². The average molecular weight is 590 g/mol. The van der Waals surface area contributed by atoms with Gasteiger partial charge in [0.25, 0.3) is 0 Å². The number of aromatic amines is 1. The van der Waals surface area contributed by atoms with E-state index in [9.17, 15) is 19.5 Å². The van der Waals surface area contributed by atoms with Crippen LogP contribution < -0.4 is 5.32 Å². The first-order valence-corrected chi connectivity index (χ1v) is 15.0. The summed E-state index contributed by atoms with van der Waals surface area (Å²) < 4.78 is 10.8. The van der Waals surface area contributed by atoms with Crippen LogP contribution in [0.3, 0.4) is 0 Å². The van der Waals surface area contributed by atoms with E-state index < -0.39 is 24.1 Å². The molecule has 3 N–H and O–H groups in total. The Morgan fingerprint density at radius 2 is 1.77 bits per heavy atom. The molecule has 1 saturated carbocycles. The molecule has 1 heterocycles. The lowest BCUT2D eigenvalue weighted by atomic mass is 9.77. The van der Waals surface area contributed by atoms with Crippen LogP contribution in [0.2, 0.25) is 0 Å². The molecule has 9 nitrogen and oxygen atoms in total. The van der Waals surface area contributed by atoms with Gasteiger partial charge in [0.15, 0.2) is 0 Å². The number of ether oxygens (including phenoxy) is 2. The van der Waals surface area contributed by atoms with Crippen molar-refractivity contribution in [2.45, 2.75) is 65.3 Å². The van der Waals surface area contributed by atoms with E-state index in [4.69, 9.17) is 9.47 Å². The number of aromatic nitrogens is 1. The molecule has 1 aliphatic rings. The van der Waals surface area contributed by atoms with Gasteiger partial charge in [-0.3, -0.25) is 19.3 Å². The molecule has 4 atom stereocenters. The zero-order chi connectivity index (χ0) is 30.8. The van der Waals surface area contributed by atoms with E-state index in [1.165, 1.54) is 36.4 Å². The lowest BCUT2D eigenvalue weighted by molar-refractivity contribution is -0.179. The van der Waals surface area contributed by atoms with Crippen LogP contribution in [0, 0.1) is 11.8 Å². The predicted octanol–water partition coefficient (Wildman–Crippen LogP) is 4.59. The second-order valence-corrected chi connectivity index (χ2v) is 11.4. The molecule has 1 aromatic heterocycles. The number of aliphatic hydroxyl groups is 1. The van der Waals surface area contributed by atoms with Gasteiger partial charge in [0.1, 0.15) is 12.2 Å². The molecule has 1 fully saturated rings. The van der Waals surface area contributed by atoms with Crippen molar-refractivity contribution in [3.63, 3.8) is 0 Å². The highest BCUT2D eigenvalue weighted by Gasteiger charge is 2.41. The van der Waals surface area contributed by atoms with Crippen LogP contribution in [-0.4, -0.2) is 64.7 Å². The molecule has 4 rings (SSSR count). The van der Waals surface area contributed by atoms with Crippen LogP contribution in [0.4, 0.5) is 0 Å². The molecule has 0 radical (unpaired) electrons. The van der Waals surface area contributed by atoms with Crippen molar-refractivity contribution in [3.05, 3.63) is 77.5 Å². The number of carbonyl (C=O) groups excluding carboxylic acids is 3. The van der Waals surface area contributed by atoms with Gasteiger partial charge in [-0.25, -0.2) is 0 Å². The first kappa shape index (κ1) is 32.0. The Morgan fingerprint density at radius 3 is 2.47 bits per heavy atom. The predicted molar refractivity (Wildman–Crippen MR) is 166 cm³/mol. The van der Waals surface area contributed by atoms with E-state index >= 15 is 0 Å². The fourth-order valence-electron chi connectivity index (χ4n) is 5.96. The van der Waals surface area contributed by atoms with Crippen molar-refractivity contribution in [1.82, 2.24) is 15.2 Å². The summed E-state index contributed by atoms with van der Waals surface area (Å²) in [5.74, 6) is -1.63. The minimum atomic E-state index is -0.705. The Balaban J connectivity index is 1.29. The van der Waals surface area contributed by atoms with Crippen molar-refractivity contribution < 1.29 is 29.0 Å². The van der Waals surface area contributed by atoms with E-state index in [1.54, 1.807) is 6.08 Å². The van der Waals surface area contributed by atoms with Crippen LogP contribution in [0.5, 0.6) is 0 Å². The second-order valence-electron chi connectivity index (χ2n) is 11.4. The van der Waals surface area contributed by atoms with Gasteiger partial charge >= 0.3 is 11.9 Å². The van der Waals surface area contributed by atoms with Gasteiger partial charge < -0.3 is 24.9 Å². The highest BCUT2D eigenvalue weighted by atomic mass is 16.6. The summed E-state index contributed by atoms with van der Waals surface area (Å²) in [7, 11) is 0. The number of fused-ring (bicyclic) bond motifs is 1. The molecule has 0 spiro atoms. The summed E-state index contributed by atoms with van der Waals surface area (Å²) in [5, 5.41) is 14.1. The quantitative estimate of drug-likeness (QED) is 0.197. The summed E-state index contributed by atoms with van der Waals surface area (Å²) in [6, 6.07) is 16.6. The van der Waals surface area contributed by atoms with Crippen molar-refractivity contribution in [2.24, 2.45) is 11.8 Å². The molecule has 0 saturated heterocycles. The minimum Gasteiger partial charge on any atom is -0.459 e. The molecular weight excluding hydrogens is 546 g/mol. The van der Waals surface area contributed by atoms with Crippen molar-refractivity contribution >= 4 is 34.8 Å². The van der Waals surface area contributed by atoms with Crippen molar-refractivity contribution in [1.29, 1.82) is 0 Å². The normalized spacial score (nSPS) is 20.4. The molecule has 0 aliphatic heterocycles. The maximum absolute atomic E-state index is 12.6. The van der Waals surface area contributed by atoms with Crippen molar-refractivity contribution in [2.75, 3.05) is 19.7 Å². The van der Waals surface area contributed by atoms with Gasteiger partial charge in [-0.15, -0.1) is 0 Å². The molecule has 9 heteroatoms. The number of para-hydroxylation sites is 1. The summed E-state index contributed by atoms with van der Waals surface area (Å²) in [6.07, 6.45) is 6.04. The zero-order valence-electron chi connectivity index (χ0n) is 25.3.